The first kappa shape index (κ1) is 21.2. The van der Waals surface area contributed by atoms with Gasteiger partial charge in [0.2, 0.25) is 0 Å². The summed E-state index contributed by atoms with van der Waals surface area (Å²) in [7, 11) is 3.94. The van der Waals surface area contributed by atoms with Gasteiger partial charge in [-0.1, -0.05) is 15.9 Å². The molecule has 0 spiro atoms. The Kier molecular flexibility index (Phi) is 7.19. The second kappa shape index (κ2) is 9.18. The van der Waals surface area contributed by atoms with Gasteiger partial charge < -0.3 is 9.80 Å². The molecular weight excluding hydrogens is 402 g/mol. The fourth-order valence-electron chi connectivity index (χ4n) is 2.92. The predicted octanol–water partition coefficient (Wildman–Crippen LogP) is 5.30. The average molecular weight is 430 g/mol. The summed E-state index contributed by atoms with van der Waals surface area (Å²) in [6.45, 7) is 9.34. The van der Waals surface area contributed by atoms with E-state index < -0.39 is 0 Å². The number of halogens is 1. The molecule has 2 aromatic rings. The van der Waals surface area contributed by atoms with E-state index in [0.29, 0.717) is 6.54 Å². The topological polar surface area (TPSA) is 35.9 Å². The third-order valence-electron chi connectivity index (χ3n) is 4.69. The number of likely N-dealkylation sites (N-methyl/N-ethyl adjacent to an activating group) is 1. The fraction of sp³-hybridized carbons (Fsp3) is 0.364. The van der Waals surface area contributed by atoms with Crippen LogP contribution < -0.4 is 4.90 Å². The molecular formula is C22H28BrN3O. The minimum atomic E-state index is 0.113. The normalized spacial score (nSPS) is 11.1. The Balaban J connectivity index is 2.21. The lowest BCUT2D eigenvalue weighted by Crippen LogP contribution is -2.26. The summed E-state index contributed by atoms with van der Waals surface area (Å²) in [6, 6.07) is 10.0. The molecule has 0 N–H and O–H groups in total. The largest absolute Gasteiger partial charge is 0.367 e. The third-order valence-corrected chi connectivity index (χ3v) is 5.18. The third kappa shape index (κ3) is 5.42. The van der Waals surface area contributed by atoms with Crippen LogP contribution >= 0.6 is 15.9 Å². The van der Waals surface area contributed by atoms with Crippen molar-refractivity contribution in [2.45, 2.75) is 27.7 Å². The molecule has 0 atom stereocenters. The molecule has 0 saturated carbocycles. The summed E-state index contributed by atoms with van der Waals surface area (Å²) in [5, 5.41) is 0. The van der Waals surface area contributed by atoms with Gasteiger partial charge in [-0.3, -0.25) is 4.79 Å². The van der Waals surface area contributed by atoms with Crippen molar-refractivity contribution in [1.82, 2.24) is 4.90 Å². The van der Waals surface area contributed by atoms with E-state index in [1.807, 2.05) is 68.3 Å². The van der Waals surface area contributed by atoms with Gasteiger partial charge in [-0.2, -0.15) is 0 Å². The van der Waals surface area contributed by atoms with Crippen LogP contribution in [0.4, 0.5) is 11.4 Å². The number of carbonyl (C=O) groups excluding carboxylic acids is 1. The molecule has 2 aromatic carbocycles. The standard InChI is InChI=1S/C22H28BrN3O/c1-7-25(5)14-24-20-12-15(2)19(11-16(20)3)22(27)13-26(6)21-9-8-18(23)10-17(21)4/h8-12,14H,7,13H2,1-6H3. The van der Waals surface area contributed by atoms with Crippen LogP contribution in [-0.4, -0.2) is 44.2 Å². The molecule has 144 valence electrons. The molecule has 0 radical (unpaired) electrons. The average Bonchev–Trinajstić information content (AvgIpc) is 2.61. The Morgan fingerprint density at radius 1 is 1.07 bits per heavy atom. The number of hydrogen-bond donors (Lipinski definition) is 0. The summed E-state index contributed by atoms with van der Waals surface area (Å²) < 4.78 is 1.04. The van der Waals surface area contributed by atoms with Gasteiger partial charge in [-0.25, -0.2) is 4.99 Å². The molecule has 0 aliphatic heterocycles. The minimum Gasteiger partial charge on any atom is -0.367 e. The maximum absolute atomic E-state index is 12.9. The summed E-state index contributed by atoms with van der Waals surface area (Å²) in [5.74, 6) is 0.113. The molecule has 0 aromatic heterocycles. The van der Waals surface area contributed by atoms with Crippen molar-refractivity contribution in [3.8, 4) is 0 Å². The van der Waals surface area contributed by atoms with Crippen molar-refractivity contribution in [3.63, 3.8) is 0 Å². The Morgan fingerprint density at radius 2 is 1.78 bits per heavy atom. The molecule has 0 heterocycles. The molecule has 0 unspecified atom stereocenters. The number of Topliss-reactive ketones (excluding diaryl/α,β-unsaturated/α-hetero) is 1. The van der Waals surface area contributed by atoms with Gasteiger partial charge in [0.25, 0.3) is 0 Å². The van der Waals surface area contributed by atoms with Crippen molar-refractivity contribution in [2.24, 2.45) is 4.99 Å². The number of aliphatic imine (C=N–C) groups is 1. The van der Waals surface area contributed by atoms with Crippen LogP contribution in [0.15, 0.2) is 39.8 Å². The molecule has 0 fully saturated rings. The molecule has 5 heteroatoms. The summed E-state index contributed by atoms with van der Waals surface area (Å²) in [4.78, 5) is 21.5. The number of aryl methyl sites for hydroxylation is 3. The van der Waals surface area contributed by atoms with Crippen molar-refractivity contribution >= 4 is 39.4 Å². The van der Waals surface area contributed by atoms with Gasteiger partial charge in [-0.15, -0.1) is 0 Å². The van der Waals surface area contributed by atoms with Gasteiger partial charge in [0.1, 0.15) is 0 Å². The van der Waals surface area contributed by atoms with Crippen LogP contribution in [0.3, 0.4) is 0 Å². The highest BCUT2D eigenvalue weighted by molar-refractivity contribution is 9.10. The van der Waals surface area contributed by atoms with Crippen LogP contribution in [0.25, 0.3) is 0 Å². The highest BCUT2D eigenvalue weighted by Gasteiger charge is 2.15. The van der Waals surface area contributed by atoms with Crippen LogP contribution in [-0.2, 0) is 0 Å². The van der Waals surface area contributed by atoms with E-state index in [1.165, 1.54) is 0 Å². The smallest absolute Gasteiger partial charge is 0.182 e. The number of hydrogen-bond acceptors (Lipinski definition) is 3. The number of ketones is 1. The first-order valence-corrected chi connectivity index (χ1v) is 9.88. The van der Waals surface area contributed by atoms with E-state index in [0.717, 1.165) is 44.6 Å². The number of carbonyl (C=O) groups is 1. The zero-order chi connectivity index (χ0) is 20.1. The van der Waals surface area contributed by atoms with E-state index in [9.17, 15) is 4.79 Å². The molecule has 0 amide bonds. The Morgan fingerprint density at radius 3 is 2.41 bits per heavy atom. The maximum Gasteiger partial charge on any atom is 0.182 e. The van der Waals surface area contributed by atoms with E-state index in [-0.39, 0.29) is 5.78 Å². The van der Waals surface area contributed by atoms with Crippen LogP contribution in [0.1, 0.15) is 34.0 Å². The van der Waals surface area contributed by atoms with Crippen molar-refractivity contribution in [3.05, 3.63) is 57.1 Å². The van der Waals surface area contributed by atoms with Crippen molar-refractivity contribution in [1.29, 1.82) is 0 Å². The Bertz CT molecular complexity index is 861. The Hall–Kier alpha value is -2.14. The number of benzene rings is 2. The minimum absolute atomic E-state index is 0.113. The number of anilines is 1. The first-order valence-electron chi connectivity index (χ1n) is 9.09. The first-order chi connectivity index (χ1) is 12.7. The molecule has 0 saturated heterocycles. The highest BCUT2D eigenvalue weighted by Crippen LogP contribution is 2.26. The molecule has 0 aliphatic carbocycles. The lowest BCUT2D eigenvalue weighted by molar-refractivity contribution is 0.0999. The fourth-order valence-corrected chi connectivity index (χ4v) is 3.39. The van der Waals surface area contributed by atoms with Crippen LogP contribution in [0, 0.1) is 20.8 Å². The van der Waals surface area contributed by atoms with E-state index in [1.54, 1.807) is 0 Å². The zero-order valence-corrected chi connectivity index (χ0v) is 18.6. The summed E-state index contributed by atoms with van der Waals surface area (Å²) in [6.07, 6.45) is 1.83. The quantitative estimate of drug-likeness (QED) is 0.340. The number of rotatable bonds is 7. The molecule has 0 aliphatic rings. The lowest BCUT2D eigenvalue weighted by atomic mass is 10.00. The van der Waals surface area contributed by atoms with Gasteiger partial charge in [0.05, 0.1) is 18.6 Å². The second-order valence-electron chi connectivity index (χ2n) is 6.98. The van der Waals surface area contributed by atoms with Gasteiger partial charge in [-0.05, 0) is 74.7 Å². The van der Waals surface area contributed by atoms with Crippen molar-refractivity contribution < 1.29 is 4.79 Å². The summed E-state index contributed by atoms with van der Waals surface area (Å²) in [5.41, 5.74) is 5.82. The van der Waals surface area contributed by atoms with E-state index in [2.05, 4.69) is 40.8 Å². The highest BCUT2D eigenvalue weighted by atomic mass is 79.9. The van der Waals surface area contributed by atoms with Gasteiger partial charge in [0.15, 0.2) is 5.78 Å². The lowest BCUT2D eigenvalue weighted by Gasteiger charge is -2.21. The van der Waals surface area contributed by atoms with Crippen molar-refractivity contribution in [2.75, 3.05) is 32.1 Å². The van der Waals surface area contributed by atoms with Crippen LogP contribution in [0.5, 0.6) is 0 Å². The molecule has 27 heavy (non-hydrogen) atoms. The van der Waals surface area contributed by atoms with E-state index in [4.69, 9.17) is 0 Å². The van der Waals surface area contributed by atoms with Gasteiger partial charge >= 0.3 is 0 Å². The zero-order valence-electron chi connectivity index (χ0n) is 17.0. The number of nitrogens with zero attached hydrogens (tertiary/aromatic N) is 3. The predicted molar refractivity (Wildman–Crippen MR) is 119 cm³/mol. The molecule has 2 rings (SSSR count). The second-order valence-corrected chi connectivity index (χ2v) is 7.90. The van der Waals surface area contributed by atoms with Gasteiger partial charge in [0, 0.05) is 36.4 Å². The summed E-state index contributed by atoms with van der Waals surface area (Å²) >= 11 is 3.48. The monoisotopic (exact) mass is 429 g/mol. The maximum atomic E-state index is 12.9. The SMILES string of the molecule is CCN(C)C=Nc1cc(C)c(C(=O)CN(C)c2ccc(Br)cc2C)cc1C. The Labute approximate surface area is 171 Å². The van der Waals surface area contributed by atoms with Crippen LogP contribution in [0.2, 0.25) is 0 Å². The molecule has 0 bridgehead atoms. The van der Waals surface area contributed by atoms with E-state index >= 15 is 0 Å². The molecule has 4 nitrogen and oxygen atoms in total.